The Kier molecular flexibility index (Phi) is 11.2. The van der Waals surface area contributed by atoms with Gasteiger partial charge >= 0.3 is 25.4 Å². The van der Waals surface area contributed by atoms with Crippen LogP contribution < -0.4 is 9.97 Å². The SMILES string of the molecule is COC(=O)c1ccc(-c2c3nc(c(-c4c(C)cc(C)cc4C)c4ccc([n-]4)c(-c4c(C)cc(C)cc4C)c4nc(c(-c5c(C)cc(C)cc5C)c5ccc2[n-]5)C=C4)C=C3)cc1.[Zn+2]. The van der Waals surface area contributed by atoms with Gasteiger partial charge in [-0.25, -0.2) is 14.8 Å². The third-order valence-corrected chi connectivity index (χ3v) is 12.0. The quantitative estimate of drug-likeness (QED) is 0.127. The van der Waals surface area contributed by atoms with Crippen LogP contribution in [0, 0.1) is 62.3 Å². The topological polar surface area (TPSA) is 80.3 Å². The molecular formula is C55H48N4O2Zn. The number of rotatable bonds is 5. The fourth-order valence-electron chi connectivity index (χ4n) is 9.77. The van der Waals surface area contributed by atoms with Gasteiger partial charge in [-0.05, 0) is 177 Å². The number of methoxy groups -OCH3 is 1. The molecule has 5 heterocycles. The molecule has 0 N–H and O–H groups in total. The molecule has 3 aromatic heterocycles. The Hall–Kier alpha value is -6.43. The molecule has 0 saturated heterocycles. The Morgan fingerprint density at radius 2 is 0.710 bits per heavy atom. The minimum atomic E-state index is -0.389. The van der Waals surface area contributed by atoms with E-state index in [2.05, 4.69) is 147 Å². The minimum absolute atomic E-state index is 0. The molecule has 0 aliphatic carbocycles. The van der Waals surface area contributed by atoms with Gasteiger partial charge in [-0.2, -0.15) is 0 Å². The van der Waals surface area contributed by atoms with Crippen LogP contribution in [-0.2, 0) is 24.2 Å². The van der Waals surface area contributed by atoms with E-state index >= 15 is 0 Å². The van der Waals surface area contributed by atoms with Crippen molar-refractivity contribution >= 4 is 52.3 Å². The second-order valence-corrected chi connectivity index (χ2v) is 16.8. The zero-order chi connectivity index (χ0) is 42.9. The summed E-state index contributed by atoms with van der Waals surface area (Å²) < 4.78 is 5.04. The van der Waals surface area contributed by atoms with E-state index in [1.165, 1.54) is 34.9 Å². The molecule has 0 fully saturated rings. The van der Waals surface area contributed by atoms with Crippen molar-refractivity contribution in [2.75, 3.05) is 7.11 Å². The number of hydrogen-bond acceptors (Lipinski definition) is 4. The molecule has 0 spiro atoms. The van der Waals surface area contributed by atoms with E-state index in [4.69, 9.17) is 24.7 Å². The average Bonchev–Trinajstić information content (AvgIpc) is 4.05. The van der Waals surface area contributed by atoms with Crippen molar-refractivity contribution in [3.63, 3.8) is 0 Å². The maximum atomic E-state index is 12.5. The molecule has 0 atom stereocenters. The number of hydrogen-bond donors (Lipinski definition) is 0. The Morgan fingerprint density at radius 3 is 1.02 bits per heavy atom. The third kappa shape index (κ3) is 7.39. The number of aromatic nitrogens is 4. The first-order valence-corrected chi connectivity index (χ1v) is 20.8. The predicted octanol–water partition coefficient (Wildman–Crippen LogP) is 13.1. The maximum absolute atomic E-state index is 12.5. The molecule has 4 aromatic carbocycles. The molecule has 2 aliphatic rings. The van der Waals surface area contributed by atoms with Crippen LogP contribution in [0.25, 0.3) is 90.9 Å². The van der Waals surface area contributed by atoms with E-state index in [0.717, 1.165) is 112 Å². The van der Waals surface area contributed by atoms with Crippen LogP contribution in [0.15, 0.2) is 84.9 Å². The summed E-state index contributed by atoms with van der Waals surface area (Å²) in [6, 6.07) is 29.4. The minimum Gasteiger partial charge on any atom is -0.657 e. The molecule has 9 rings (SSSR count). The van der Waals surface area contributed by atoms with E-state index in [1.54, 1.807) is 12.1 Å². The largest absolute Gasteiger partial charge is 2.00 e. The van der Waals surface area contributed by atoms with E-state index in [-0.39, 0.29) is 25.4 Å². The summed E-state index contributed by atoms with van der Waals surface area (Å²) in [5.41, 5.74) is 25.6. The average molecular weight is 862 g/mol. The van der Waals surface area contributed by atoms with Crippen LogP contribution in [-0.4, -0.2) is 23.0 Å². The summed E-state index contributed by atoms with van der Waals surface area (Å²) in [7, 11) is 1.40. The number of ether oxygens (including phenoxy) is 1. The molecule has 8 bridgehead atoms. The van der Waals surface area contributed by atoms with Gasteiger partial charge in [-0.15, -0.1) is 22.1 Å². The summed E-state index contributed by atoms with van der Waals surface area (Å²) in [5, 5.41) is 0. The fourth-order valence-corrected chi connectivity index (χ4v) is 9.77. The van der Waals surface area contributed by atoms with Gasteiger partial charge in [0.25, 0.3) is 0 Å². The van der Waals surface area contributed by atoms with Crippen molar-refractivity contribution in [2.45, 2.75) is 62.3 Å². The maximum Gasteiger partial charge on any atom is 2.00 e. The molecule has 7 heteroatoms. The summed E-state index contributed by atoms with van der Waals surface area (Å²) in [5.74, 6) is -0.389. The predicted molar refractivity (Wildman–Crippen MR) is 253 cm³/mol. The Bertz CT molecular complexity index is 3110. The Balaban J connectivity index is 0.00000529. The smallest absolute Gasteiger partial charge is 0.657 e. The molecule has 0 saturated carbocycles. The van der Waals surface area contributed by atoms with Crippen molar-refractivity contribution in [3.05, 3.63) is 163 Å². The van der Waals surface area contributed by atoms with Crippen LogP contribution in [0.4, 0.5) is 0 Å². The summed E-state index contributed by atoms with van der Waals surface area (Å²) in [4.78, 5) is 34.6. The van der Waals surface area contributed by atoms with E-state index in [1.807, 2.05) is 12.1 Å². The van der Waals surface area contributed by atoms with Crippen LogP contribution >= 0.6 is 0 Å². The first-order chi connectivity index (χ1) is 29.3. The number of nitrogens with zero attached hydrogens (tertiary/aromatic N) is 4. The molecule has 302 valence electrons. The molecule has 62 heavy (non-hydrogen) atoms. The monoisotopic (exact) mass is 860 g/mol. The summed E-state index contributed by atoms with van der Waals surface area (Å²) in [6.07, 6.45) is 8.45. The Morgan fingerprint density at radius 1 is 0.419 bits per heavy atom. The van der Waals surface area contributed by atoms with Crippen molar-refractivity contribution in [1.29, 1.82) is 0 Å². The number of carbonyl (C=O) groups is 1. The zero-order valence-corrected chi connectivity index (χ0v) is 40.2. The fraction of sp³-hybridized carbons (Fsp3) is 0.182. The molecule has 0 amide bonds. The van der Waals surface area contributed by atoms with Gasteiger partial charge in [0.05, 0.1) is 35.4 Å². The number of esters is 1. The molecule has 7 aromatic rings. The summed E-state index contributed by atoms with van der Waals surface area (Å²) in [6.45, 7) is 19.5. The van der Waals surface area contributed by atoms with E-state index < -0.39 is 0 Å². The van der Waals surface area contributed by atoms with Gasteiger partial charge in [0, 0.05) is 0 Å². The number of benzene rings is 4. The molecule has 6 nitrogen and oxygen atoms in total. The first-order valence-electron chi connectivity index (χ1n) is 20.8. The molecule has 2 aliphatic heterocycles. The van der Waals surface area contributed by atoms with Gasteiger partial charge in [0.2, 0.25) is 0 Å². The van der Waals surface area contributed by atoms with Crippen LogP contribution in [0.5, 0.6) is 0 Å². The van der Waals surface area contributed by atoms with Gasteiger partial charge in [-0.3, -0.25) is 0 Å². The number of carbonyl (C=O) groups excluding carboxylic acids is 1. The standard InChI is InChI=1S/C55H49N4O2.Zn/c1-29-23-32(4)48(33(5)24-29)52-42-17-15-40(56-42)51(38-11-13-39(14-12-38)55(60)61-10)41-16-18-43(57-41)53(49-34(6)25-30(2)26-35(49)7)45-20-22-47(59-45)54(46-21-19-44(52)58-46)50-36(8)27-31(3)28-37(50)9;/h11-28H,1-10H3,(H-,56,57,58,59,60);/q-1;+2/p-1. The van der Waals surface area contributed by atoms with Gasteiger partial charge in [0.15, 0.2) is 0 Å². The van der Waals surface area contributed by atoms with Crippen molar-refractivity contribution in [2.24, 2.45) is 0 Å². The van der Waals surface area contributed by atoms with Crippen molar-refractivity contribution < 1.29 is 29.0 Å². The van der Waals surface area contributed by atoms with Gasteiger partial charge in [0.1, 0.15) is 0 Å². The molecular weight excluding hydrogens is 814 g/mol. The second-order valence-electron chi connectivity index (χ2n) is 16.8. The van der Waals surface area contributed by atoms with Crippen LogP contribution in [0.1, 0.15) is 83.2 Å². The van der Waals surface area contributed by atoms with Crippen molar-refractivity contribution in [1.82, 2.24) is 19.9 Å². The van der Waals surface area contributed by atoms with Gasteiger partial charge in [-0.1, -0.05) is 89.5 Å². The molecule has 0 radical (unpaired) electrons. The number of aryl methyl sites for hydroxylation is 9. The third-order valence-electron chi connectivity index (χ3n) is 12.0. The number of fused-ring (bicyclic) bond motifs is 8. The van der Waals surface area contributed by atoms with E-state index in [9.17, 15) is 4.79 Å². The first kappa shape index (κ1) is 42.3. The van der Waals surface area contributed by atoms with Crippen LogP contribution in [0.3, 0.4) is 0 Å². The molecule has 0 unspecified atom stereocenters. The normalized spacial score (nSPS) is 11.8. The zero-order valence-electron chi connectivity index (χ0n) is 37.2. The Labute approximate surface area is 376 Å². The van der Waals surface area contributed by atoms with E-state index in [0.29, 0.717) is 5.56 Å². The second kappa shape index (κ2) is 16.5. The van der Waals surface area contributed by atoms with Crippen molar-refractivity contribution in [3.8, 4) is 44.5 Å². The van der Waals surface area contributed by atoms with Gasteiger partial charge < -0.3 is 14.7 Å². The summed E-state index contributed by atoms with van der Waals surface area (Å²) >= 11 is 0. The van der Waals surface area contributed by atoms with Crippen LogP contribution in [0.2, 0.25) is 0 Å².